The molecule has 1 unspecified atom stereocenters. The zero-order chi connectivity index (χ0) is 14.8. The maximum absolute atomic E-state index is 11.8. The van der Waals surface area contributed by atoms with Gasteiger partial charge >= 0.3 is 6.09 Å². The molecule has 1 aliphatic heterocycles. The molecule has 0 radical (unpaired) electrons. The van der Waals surface area contributed by atoms with Gasteiger partial charge in [-0.15, -0.1) is 0 Å². The molecule has 0 saturated carbocycles. The fourth-order valence-corrected chi connectivity index (χ4v) is 1.78. The van der Waals surface area contributed by atoms with Crippen molar-refractivity contribution >= 4 is 17.6 Å². The third-order valence-corrected chi connectivity index (χ3v) is 2.73. The second kappa shape index (κ2) is 5.02. The van der Waals surface area contributed by atoms with Gasteiger partial charge in [0.25, 0.3) is 5.69 Å². The maximum atomic E-state index is 11.8. The monoisotopic (exact) mass is 278 g/mol. The lowest BCUT2D eigenvalue weighted by Gasteiger charge is -2.18. The number of cyclic esters (lactones) is 1. The van der Waals surface area contributed by atoms with E-state index in [2.05, 4.69) is 15.0 Å². The molecule has 1 aliphatic rings. The molecule has 1 saturated heterocycles. The van der Waals surface area contributed by atoms with E-state index in [1.165, 1.54) is 17.0 Å². The molecule has 1 aromatic heterocycles. The van der Waals surface area contributed by atoms with Crippen LogP contribution in [0.25, 0.3) is 10.4 Å². The quantitative estimate of drug-likeness (QED) is 0.273. The maximum Gasteiger partial charge on any atom is 0.416 e. The molecule has 2 rings (SSSR count). The summed E-state index contributed by atoms with van der Waals surface area (Å²) in [6.45, 7) is 1.78. The average Bonchev–Trinajstić information content (AvgIpc) is 2.72. The van der Waals surface area contributed by atoms with Crippen LogP contribution in [0.15, 0.2) is 23.4 Å². The minimum absolute atomic E-state index is 0.00127. The highest BCUT2D eigenvalue weighted by molar-refractivity contribution is 5.89. The van der Waals surface area contributed by atoms with Crippen molar-refractivity contribution in [3.05, 3.63) is 38.9 Å². The summed E-state index contributed by atoms with van der Waals surface area (Å²) in [6.07, 6.45) is 0.424. The van der Waals surface area contributed by atoms with Crippen molar-refractivity contribution in [1.29, 1.82) is 0 Å². The molecule has 0 aliphatic carbocycles. The largest absolute Gasteiger partial charge is 0.441 e. The Hall–Kier alpha value is -2.87. The van der Waals surface area contributed by atoms with Gasteiger partial charge in [0.05, 0.1) is 18.0 Å². The Balaban J connectivity index is 2.19. The van der Waals surface area contributed by atoms with Crippen LogP contribution in [0.4, 0.5) is 16.3 Å². The number of ether oxygens (including phenoxy) is 1. The SMILES string of the molecule is CC1(CN=[N+]=[N-])CN(c2ccc([N+](=O)[O-])cn2)C(=O)O1. The molecule has 10 nitrogen and oxygen atoms in total. The van der Waals surface area contributed by atoms with Crippen molar-refractivity contribution in [1.82, 2.24) is 4.98 Å². The summed E-state index contributed by atoms with van der Waals surface area (Å²) in [6, 6.07) is 2.61. The number of amides is 1. The molecule has 20 heavy (non-hydrogen) atoms. The van der Waals surface area contributed by atoms with Crippen LogP contribution in [-0.4, -0.2) is 34.7 Å². The zero-order valence-electron chi connectivity index (χ0n) is 10.5. The van der Waals surface area contributed by atoms with Crippen LogP contribution in [-0.2, 0) is 4.74 Å². The topological polar surface area (TPSA) is 134 Å². The van der Waals surface area contributed by atoms with E-state index in [0.29, 0.717) is 0 Å². The predicted octanol–water partition coefficient (Wildman–Crippen LogP) is 2.02. The summed E-state index contributed by atoms with van der Waals surface area (Å²) in [5.41, 5.74) is 7.19. The highest BCUT2D eigenvalue weighted by Crippen LogP contribution is 2.27. The molecule has 0 N–H and O–H groups in total. The van der Waals surface area contributed by atoms with Crippen LogP contribution in [0.5, 0.6) is 0 Å². The van der Waals surface area contributed by atoms with E-state index in [0.717, 1.165) is 6.20 Å². The van der Waals surface area contributed by atoms with Crippen LogP contribution in [0.1, 0.15) is 6.92 Å². The van der Waals surface area contributed by atoms with Gasteiger partial charge in [0.2, 0.25) is 0 Å². The van der Waals surface area contributed by atoms with Crippen molar-refractivity contribution in [3.8, 4) is 0 Å². The Bertz CT molecular complexity index is 596. The molecule has 0 spiro atoms. The zero-order valence-corrected chi connectivity index (χ0v) is 10.5. The number of carbonyl (C=O) groups excluding carboxylic acids is 1. The molecule has 1 fully saturated rings. The van der Waals surface area contributed by atoms with Gasteiger partial charge in [0.15, 0.2) is 0 Å². The first-order chi connectivity index (χ1) is 9.45. The lowest BCUT2D eigenvalue weighted by Crippen LogP contribution is -2.34. The molecule has 0 aromatic carbocycles. The Morgan fingerprint density at radius 2 is 2.45 bits per heavy atom. The summed E-state index contributed by atoms with van der Waals surface area (Å²) in [5, 5.41) is 13.9. The fourth-order valence-electron chi connectivity index (χ4n) is 1.78. The third kappa shape index (κ3) is 2.59. The molecule has 0 bridgehead atoms. The molecular formula is C10H10N6O4. The molecule has 104 valence electrons. The lowest BCUT2D eigenvalue weighted by atomic mass is 10.1. The van der Waals surface area contributed by atoms with E-state index < -0.39 is 16.6 Å². The van der Waals surface area contributed by atoms with Crippen molar-refractivity contribution in [2.75, 3.05) is 18.0 Å². The van der Waals surface area contributed by atoms with Crippen LogP contribution < -0.4 is 4.90 Å². The second-order valence-corrected chi connectivity index (χ2v) is 4.42. The number of nitro groups is 1. The highest BCUT2D eigenvalue weighted by Gasteiger charge is 2.42. The number of anilines is 1. The molecular weight excluding hydrogens is 268 g/mol. The minimum Gasteiger partial charge on any atom is -0.441 e. The Morgan fingerprint density at radius 3 is 3.00 bits per heavy atom. The lowest BCUT2D eigenvalue weighted by molar-refractivity contribution is -0.385. The number of azide groups is 1. The Morgan fingerprint density at radius 1 is 1.70 bits per heavy atom. The molecule has 2 heterocycles. The van der Waals surface area contributed by atoms with Crippen molar-refractivity contribution in [2.45, 2.75) is 12.5 Å². The van der Waals surface area contributed by atoms with E-state index >= 15 is 0 Å². The first-order valence-corrected chi connectivity index (χ1v) is 5.57. The summed E-state index contributed by atoms with van der Waals surface area (Å²) >= 11 is 0. The summed E-state index contributed by atoms with van der Waals surface area (Å²) in [7, 11) is 0. The van der Waals surface area contributed by atoms with Gasteiger partial charge in [-0.2, -0.15) is 0 Å². The normalized spacial score (nSPS) is 21.2. The van der Waals surface area contributed by atoms with E-state index in [1.807, 2.05) is 0 Å². The third-order valence-electron chi connectivity index (χ3n) is 2.73. The van der Waals surface area contributed by atoms with Crippen molar-refractivity contribution in [2.24, 2.45) is 5.11 Å². The number of carbonyl (C=O) groups is 1. The number of aromatic nitrogens is 1. The van der Waals surface area contributed by atoms with Crippen LogP contribution in [0.2, 0.25) is 0 Å². The molecule has 1 aromatic rings. The second-order valence-electron chi connectivity index (χ2n) is 4.42. The first kappa shape index (κ1) is 13.6. The molecule has 10 heteroatoms. The van der Waals surface area contributed by atoms with Gasteiger partial charge in [0.1, 0.15) is 17.6 Å². The highest BCUT2D eigenvalue weighted by atomic mass is 16.6. The van der Waals surface area contributed by atoms with E-state index in [1.54, 1.807) is 6.92 Å². The van der Waals surface area contributed by atoms with Gasteiger partial charge in [-0.05, 0) is 18.5 Å². The minimum atomic E-state index is -0.938. The Labute approximate surface area is 112 Å². The summed E-state index contributed by atoms with van der Waals surface area (Å²) < 4.78 is 5.14. The predicted molar refractivity (Wildman–Crippen MR) is 67.1 cm³/mol. The van der Waals surface area contributed by atoms with E-state index in [4.69, 9.17) is 10.3 Å². The van der Waals surface area contributed by atoms with Crippen LogP contribution >= 0.6 is 0 Å². The van der Waals surface area contributed by atoms with Crippen molar-refractivity contribution in [3.63, 3.8) is 0 Å². The Kier molecular flexibility index (Phi) is 3.40. The van der Waals surface area contributed by atoms with Crippen LogP contribution in [0.3, 0.4) is 0 Å². The molecule has 1 atom stereocenters. The van der Waals surface area contributed by atoms with E-state index in [9.17, 15) is 14.9 Å². The standard InChI is InChI=1S/C10H10N6O4/c1-10(5-13-14-11)6-15(9(17)20-10)8-3-2-7(4-12-8)16(18)19/h2-4H,5-6H2,1H3. The number of pyridine rings is 1. The number of rotatable bonds is 4. The van der Waals surface area contributed by atoms with Gasteiger partial charge < -0.3 is 4.74 Å². The average molecular weight is 278 g/mol. The van der Waals surface area contributed by atoms with Gasteiger partial charge in [-0.25, -0.2) is 9.78 Å². The number of hydrogen-bond acceptors (Lipinski definition) is 6. The van der Waals surface area contributed by atoms with Crippen molar-refractivity contribution < 1.29 is 14.5 Å². The van der Waals surface area contributed by atoms with E-state index in [-0.39, 0.29) is 24.6 Å². The van der Waals surface area contributed by atoms with Gasteiger partial charge in [-0.3, -0.25) is 15.0 Å². The van der Waals surface area contributed by atoms with Crippen LogP contribution in [0, 0.1) is 10.1 Å². The first-order valence-electron chi connectivity index (χ1n) is 5.57. The smallest absolute Gasteiger partial charge is 0.416 e. The number of hydrogen-bond donors (Lipinski definition) is 0. The number of nitrogens with zero attached hydrogens (tertiary/aromatic N) is 6. The van der Waals surface area contributed by atoms with Gasteiger partial charge in [-0.1, -0.05) is 5.11 Å². The summed E-state index contributed by atoms with van der Waals surface area (Å²) in [4.78, 5) is 29.4. The summed E-state index contributed by atoms with van der Waals surface area (Å²) in [5.74, 6) is 0.241. The fraction of sp³-hybridized carbons (Fsp3) is 0.400. The molecule has 1 amide bonds. The van der Waals surface area contributed by atoms with Gasteiger partial charge in [0, 0.05) is 11.0 Å².